The summed E-state index contributed by atoms with van der Waals surface area (Å²) in [6.45, 7) is 7.63. The number of morpholine rings is 1. The second-order valence-corrected chi connectivity index (χ2v) is 10.2. The Morgan fingerprint density at radius 1 is 1.17 bits per heavy atom. The van der Waals surface area contributed by atoms with Crippen LogP contribution in [0.2, 0.25) is 5.02 Å². The summed E-state index contributed by atoms with van der Waals surface area (Å²) in [7, 11) is 3.21. The largest absolute Gasteiger partial charge is 0.493 e. The molecule has 0 spiro atoms. The van der Waals surface area contributed by atoms with E-state index in [1.165, 1.54) is 4.90 Å². The van der Waals surface area contributed by atoms with Crippen molar-refractivity contribution in [2.45, 2.75) is 64.3 Å². The van der Waals surface area contributed by atoms with E-state index in [0.717, 1.165) is 24.8 Å². The molecule has 196 valence electrons. The van der Waals surface area contributed by atoms with E-state index in [2.05, 4.69) is 0 Å². The summed E-state index contributed by atoms with van der Waals surface area (Å²) >= 11 is 6.56. The summed E-state index contributed by atoms with van der Waals surface area (Å²) in [5.41, 5.74) is 0.151. The standard InChI is InChI=1S/C25H37ClN2O7/c1-25(2,3)35-24(30)27-9-12-34-22(16-27)23(29)28(18-7-8-18)15-17-13-21(33-11-6-10-31-4)20(32-5)14-19(17)26/h13-14,18,22H,6-12,15-16H2,1-5H3/t22-/m1/s1. The lowest BCUT2D eigenvalue weighted by Crippen LogP contribution is -2.53. The van der Waals surface area contributed by atoms with E-state index < -0.39 is 17.8 Å². The van der Waals surface area contributed by atoms with Gasteiger partial charge in [-0.25, -0.2) is 4.79 Å². The fourth-order valence-corrected chi connectivity index (χ4v) is 4.00. The first-order chi connectivity index (χ1) is 16.6. The molecule has 2 amide bonds. The Balaban J connectivity index is 1.72. The smallest absolute Gasteiger partial charge is 0.410 e. The molecule has 1 aliphatic carbocycles. The maximum absolute atomic E-state index is 13.5. The molecule has 1 aromatic carbocycles. The Bertz CT molecular complexity index is 885. The summed E-state index contributed by atoms with van der Waals surface area (Å²) in [5, 5.41) is 0.490. The number of ether oxygens (including phenoxy) is 5. The third-order valence-corrected chi connectivity index (χ3v) is 6.04. The molecule has 1 saturated carbocycles. The van der Waals surface area contributed by atoms with Crippen molar-refractivity contribution in [1.29, 1.82) is 0 Å². The van der Waals surface area contributed by atoms with Crippen LogP contribution in [0.5, 0.6) is 11.5 Å². The molecule has 0 aromatic heterocycles. The van der Waals surface area contributed by atoms with Gasteiger partial charge in [0.05, 0.1) is 26.9 Å². The molecule has 9 nitrogen and oxygen atoms in total. The number of nitrogens with zero attached hydrogens (tertiary/aromatic N) is 2. The summed E-state index contributed by atoms with van der Waals surface area (Å²) in [6, 6.07) is 3.65. The van der Waals surface area contributed by atoms with Gasteiger partial charge in [-0.3, -0.25) is 4.79 Å². The third-order valence-electron chi connectivity index (χ3n) is 5.69. The van der Waals surface area contributed by atoms with Gasteiger partial charge < -0.3 is 33.5 Å². The molecule has 0 bridgehead atoms. The molecule has 1 atom stereocenters. The minimum absolute atomic E-state index is 0.118. The van der Waals surface area contributed by atoms with Gasteiger partial charge in [0, 0.05) is 50.4 Å². The van der Waals surface area contributed by atoms with Crippen LogP contribution >= 0.6 is 11.6 Å². The van der Waals surface area contributed by atoms with E-state index in [4.69, 9.17) is 35.3 Å². The number of hydrogen-bond acceptors (Lipinski definition) is 7. The molecular weight excluding hydrogens is 476 g/mol. The molecule has 2 aliphatic rings. The highest BCUT2D eigenvalue weighted by Gasteiger charge is 2.39. The normalized spacial score (nSPS) is 18.2. The van der Waals surface area contributed by atoms with Gasteiger partial charge in [0.15, 0.2) is 17.6 Å². The van der Waals surface area contributed by atoms with Crippen LogP contribution in [0, 0.1) is 0 Å². The van der Waals surface area contributed by atoms with Gasteiger partial charge >= 0.3 is 6.09 Å². The zero-order chi connectivity index (χ0) is 25.6. The molecule has 1 aromatic rings. The molecule has 1 heterocycles. The molecule has 1 aliphatic heterocycles. The molecule has 10 heteroatoms. The van der Waals surface area contributed by atoms with Crippen molar-refractivity contribution in [2.24, 2.45) is 0 Å². The summed E-state index contributed by atoms with van der Waals surface area (Å²) in [5.74, 6) is 0.940. The minimum atomic E-state index is -0.751. The molecule has 35 heavy (non-hydrogen) atoms. The van der Waals surface area contributed by atoms with Crippen molar-refractivity contribution in [3.63, 3.8) is 0 Å². The van der Waals surface area contributed by atoms with Gasteiger partial charge in [-0.05, 0) is 45.2 Å². The predicted octanol–water partition coefficient (Wildman–Crippen LogP) is 3.89. The number of halogens is 1. The molecule has 0 unspecified atom stereocenters. The number of methoxy groups -OCH3 is 2. The second-order valence-electron chi connectivity index (χ2n) is 9.77. The van der Waals surface area contributed by atoms with Crippen molar-refractivity contribution in [2.75, 3.05) is 47.1 Å². The highest BCUT2D eigenvalue weighted by Crippen LogP contribution is 2.36. The topological polar surface area (TPSA) is 86.8 Å². The fourth-order valence-electron chi connectivity index (χ4n) is 3.79. The highest BCUT2D eigenvalue weighted by molar-refractivity contribution is 6.31. The lowest BCUT2D eigenvalue weighted by atomic mass is 10.1. The van der Waals surface area contributed by atoms with Crippen molar-refractivity contribution < 1.29 is 33.3 Å². The van der Waals surface area contributed by atoms with E-state index in [0.29, 0.717) is 42.8 Å². The summed E-state index contributed by atoms with van der Waals surface area (Å²) in [6.07, 6.45) is 1.38. The van der Waals surface area contributed by atoms with Crippen molar-refractivity contribution in [3.05, 3.63) is 22.7 Å². The van der Waals surface area contributed by atoms with Crippen LogP contribution < -0.4 is 9.47 Å². The molecule has 2 fully saturated rings. The second kappa shape index (κ2) is 12.1. The van der Waals surface area contributed by atoms with Crippen LogP contribution in [0.1, 0.15) is 45.6 Å². The maximum Gasteiger partial charge on any atom is 0.410 e. The van der Waals surface area contributed by atoms with Gasteiger partial charge in [-0.15, -0.1) is 0 Å². The first kappa shape index (κ1) is 27.4. The van der Waals surface area contributed by atoms with Crippen LogP contribution in [0.4, 0.5) is 4.79 Å². The Hall–Kier alpha value is -2.23. The first-order valence-electron chi connectivity index (χ1n) is 12.0. The Labute approximate surface area is 212 Å². The average Bonchev–Trinajstić information content (AvgIpc) is 3.65. The van der Waals surface area contributed by atoms with Crippen molar-refractivity contribution in [1.82, 2.24) is 9.80 Å². The van der Waals surface area contributed by atoms with E-state index >= 15 is 0 Å². The molecule has 1 saturated heterocycles. The van der Waals surface area contributed by atoms with Gasteiger partial charge in [-0.2, -0.15) is 0 Å². The van der Waals surface area contributed by atoms with Crippen LogP contribution in [0.15, 0.2) is 12.1 Å². The lowest BCUT2D eigenvalue weighted by molar-refractivity contribution is -0.150. The quantitative estimate of drug-likeness (QED) is 0.439. The maximum atomic E-state index is 13.5. The number of rotatable bonds is 10. The van der Waals surface area contributed by atoms with Crippen LogP contribution in [0.3, 0.4) is 0 Å². The predicted molar refractivity (Wildman–Crippen MR) is 131 cm³/mol. The van der Waals surface area contributed by atoms with Gasteiger partial charge in [0.25, 0.3) is 5.91 Å². The average molecular weight is 513 g/mol. The van der Waals surface area contributed by atoms with Gasteiger partial charge in [-0.1, -0.05) is 11.6 Å². The number of hydrogen-bond donors (Lipinski definition) is 0. The Morgan fingerprint density at radius 3 is 2.54 bits per heavy atom. The Morgan fingerprint density at radius 2 is 1.91 bits per heavy atom. The third kappa shape index (κ3) is 7.88. The fraction of sp³-hybridized carbons (Fsp3) is 0.680. The monoisotopic (exact) mass is 512 g/mol. The number of amides is 2. The SMILES string of the molecule is COCCCOc1cc(CN(C(=O)[C@H]2CN(C(=O)OC(C)(C)C)CCO2)C2CC2)c(Cl)cc1OC. The highest BCUT2D eigenvalue weighted by atomic mass is 35.5. The van der Waals surface area contributed by atoms with Gasteiger partial charge in [0.1, 0.15) is 5.60 Å². The van der Waals surface area contributed by atoms with E-state index in [-0.39, 0.29) is 25.1 Å². The molecular formula is C25H37ClN2O7. The van der Waals surface area contributed by atoms with Crippen molar-refractivity contribution >= 4 is 23.6 Å². The van der Waals surface area contributed by atoms with Crippen LogP contribution in [-0.4, -0.2) is 86.7 Å². The summed E-state index contributed by atoms with van der Waals surface area (Å²) in [4.78, 5) is 29.4. The number of benzene rings is 1. The van der Waals surface area contributed by atoms with Gasteiger partial charge in [0.2, 0.25) is 0 Å². The number of carbonyl (C=O) groups is 2. The lowest BCUT2D eigenvalue weighted by Gasteiger charge is -2.36. The summed E-state index contributed by atoms with van der Waals surface area (Å²) < 4.78 is 27.6. The molecule has 3 rings (SSSR count). The van der Waals surface area contributed by atoms with E-state index in [9.17, 15) is 9.59 Å². The van der Waals surface area contributed by atoms with Crippen LogP contribution in [0.25, 0.3) is 0 Å². The first-order valence-corrected chi connectivity index (χ1v) is 12.4. The Kier molecular flexibility index (Phi) is 9.49. The molecule has 0 N–H and O–H groups in total. The number of carbonyl (C=O) groups excluding carboxylic acids is 2. The zero-order valence-electron chi connectivity index (χ0n) is 21.3. The zero-order valence-corrected chi connectivity index (χ0v) is 22.1. The van der Waals surface area contributed by atoms with Crippen LogP contribution in [-0.2, 0) is 25.5 Å². The molecule has 0 radical (unpaired) electrons. The van der Waals surface area contributed by atoms with E-state index in [1.54, 1.807) is 25.2 Å². The van der Waals surface area contributed by atoms with E-state index in [1.807, 2.05) is 26.8 Å². The minimum Gasteiger partial charge on any atom is -0.493 e. The van der Waals surface area contributed by atoms with Crippen molar-refractivity contribution in [3.8, 4) is 11.5 Å².